The van der Waals surface area contributed by atoms with Gasteiger partial charge in [0.1, 0.15) is 0 Å². The van der Waals surface area contributed by atoms with Crippen LogP contribution in [-0.2, 0) is 4.74 Å². The molecule has 0 saturated carbocycles. The molecule has 30 heavy (non-hydrogen) atoms. The number of alkyl halides is 3. The summed E-state index contributed by atoms with van der Waals surface area (Å²) >= 11 is 0. The molecular formula is C20H39F3IN5O. The molecule has 0 aromatic carbocycles. The number of ether oxygens (including phenoxy) is 1. The van der Waals surface area contributed by atoms with Gasteiger partial charge in [0.2, 0.25) is 0 Å². The lowest BCUT2D eigenvalue weighted by Crippen LogP contribution is -2.49. The minimum atomic E-state index is -4.14. The van der Waals surface area contributed by atoms with Gasteiger partial charge in [-0.05, 0) is 39.7 Å². The molecule has 2 saturated heterocycles. The van der Waals surface area contributed by atoms with Crippen molar-refractivity contribution in [1.82, 2.24) is 20.0 Å². The molecule has 0 radical (unpaired) electrons. The fraction of sp³-hybridized carbons (Fsp3) is 0.950. The zero-order valence-corrected chi connectivity index (χ0v) is 21.1. The highest BCUT2D eigenvalue weighted by atomic mass is 127. The summed E-state index contributed by atoms with van der Waals surface area (Å²) in [4.78, 5) is 11.0. The predicted molar refractivity (Wildman–Crippen MR) is 126 cm³/mol. The molecule has 3 unspecified atom stereocenters. The van der Waals surface area contributed by atoms with Gasteiger partial charge in [0.25, 0.3) is 0 Å². The Kier molecular flexibility index (Phi) is 12.3. The van der Waals surface area contributed by atoms with Gasteiger partial charge in [-0.15, -0.1) is 24.0 Å². The van der Waals surface area contributed by atoms with Crippen molar-refractivity contribution in [3.05, 3.63) is 0 Å². The van der Waals surface area contributed by atoms with Gasteiger partial charge in [-0.25, -0.2) is 0 Å². The van der Waals surface area contributed by atoms with Crippen LogP contribution in [-0.4, -0.2) is 104 Å². The van der Waals surface area contributed by atoms with Gasteiger partial charge >= 0.3 is 6.18 Å². The highest BCUT2D eigenvalue weighted by Crippen LogP contribution is 2.21. The maximum absolute atomic E-state index is 12.7. The maximum atomic E-state index is 12.7. The van der Waals surface area contributed by atoms with Gasteiger partial charge in [0.15, 0.2) is 5.96 Å². The van der Waals surface area contributed by atoms with Crippen molar-refractivity contribution in [1.29, 1.82) is 0 Å². The molecule has 178 valence electrons. The number of guanidine groups is 1. The second-order valence-electron chi connectivity index (χ2n) is 8.25. The molecule has 0 bridgehead atoms. The molecule has 0 aromatic rings. The van der Waals surface area contributed by atoms with E-state index in [1.807, 2.05) is 6.92 Å². The minimum Gasteiger partial charge on any atom is -0.379 e. The van der Waals surface area contributed by atoms with E-state index in [9.17, 15) is 13.2 Å². The molecule has 10 heteroatoms. The van der Waals surface area contributed by atoms with Crippen molar-refractivity contribution >= 4 is 29.9 Å². The second-order valence-corrected chi connectivity index (χ2v) is 8.25. The summed E-state index contributed by atoms with van der Waals surface area (Å²) in [6.07, 6.45) is -3.24. The van der Waals surface area contributed by atoms with Crippen molar-refractivity contribution < 1.29 is 17.9 Å². The zero-order chi connectivity index (χ0) is 21.4. The summed E-state index contributed by atoms with van der Waals surface area (Å²) in [6, 6.07) is 0.713. The number of rotatable bonds is 8. The number of morpholine rings is 1. The van der Waals surface area contributed by atoms with E-state index in [4.69, 9.17) is 9.73 Å². The summed E-state index contributed by atoms with van der Waals surface area (Å²) in [5.74, 6) is 1.11. The SMILES string of the molecule is CCNC(=NCC(C)N1CCOCC1C)N1CCC(CN(CC)CC(F)(F)F)C1.I. The molecule has 2 aliphatic heterocycles. The smallest absolute Gasteiger partial charge is 0.379 e. The first kappa shape index (κ1) is 27.7. The first-order chi connectivity index (χ1) is 13.7. The lowest BCUT2D eigenvalue weighted by molar-refractivity contribution is -0.146. The van der Waals surface area contributed by atoms with E-state index < -0.39 is 12.7 Å². The van der Waals surface area contributed by atoms with Crippen LogP contribution < -0.4 is 5.32 Å². The Morgan fingerprint density at radius 2 is 2.03 bits per heavy atom. The van der Waals surface area contributed by atoms with E-state index in [0.29, 0.717) is 31.7 Å². The summed E-state index contributed by atoms with van der Waals surface area (Å²) in [5, 5.41) is 3.36. The average Bonchev–Trinajstić information content (AvgIpc) is 3.12. The molecule has 2 fully saturated rings. The molecule has 0 aliphatic carbocycles. The average molecular weight is 549 g/mol. The van der Waals surface area contributed by atoms with Crippen LogP contribution in [0.4, 0.5) is 13.2 Å². The number of aliphatic imine (C=N–C) groups is 1. The quantitative estimate of drug-likeness (QED) is 0.287. The van der Waals surface area contributed by atoms with Crippen molar-refractivity contribution in [2.75, 3.05) is 65.6 Å². The van der Waals surface area contributed by atoms with Gasteiger partial charge < -0.3 is 15.0 Å². The monoisotopic (exact) mass is 549 g/mol. The summed E-state index contributed by atoms with van der Waals surface area (Å²) in [6.45, 7) is 13.8. The first-order valence-electron chi connectivity index (χ1n) is 10.9. The van der Waals surface area contributed by atoms with Gasteiger partial charge in [-0.2, -0.15) is 13.2 Å². The number of nitrogens with one attached hydrogen (secondary N) is 1. The third kappa shape index (κ3) is 9.04. The maximum Gasteiger partial charge on any atom is 0.401 e. The Labute approximate surface area is 196 Å². The summed E-state index contributed by atoms with van der Waals surface area (Å²) in [7, 11) is 0. The van der Waals surface area contributed by atoms with Gasteiger partial charge in [-0.1, -0.05) is 6.92 Å². The lowest BCUT2D eigenvalue weighted by Gasteiger charge is -2.37. The topological polar surface area (TPSA) is 43.3 Å². The van der Waals surface area contributed by atoms with E-state index in [2.05, 4.69) is 29.0 Å². The molecule has 0 amide bonds. The fourth-order valence-electron chi connectivity index (χ4n) is 4.24. The molecule has 6 nitrogen and oxygen atoms in total. The van der Waals surface area contributed by atoms with Gasteiger partial charge in [0, 0.05) is 44.8 Å². The Balaban J connectivity index is 0.00000450. The molecule has 2 aliphatic rings. The van der Waals surface area contributed by atoms with Crippen LogP contribution in [0.1, 0.15) is 34.1 Å². The van der Waals surface area contributed by atoms with Crippen LogP contribution in [0, 0.1) is 5.92 Å². The van der Waals surface area contributed by atoms with Crippen LogP contribution in [0.3, 0.4) is 0 Å². The third-order valence-electron chi connectivity index (χ3n) is 5.78. The number of hydrogen-bond acceptors (Lipinski definition) is 4. The fourth-order valence-corrected chi connectivity index (χ4v) is 4.24. The Hall–Kier alpha value is -0.330. The van der Waals surface area contributed by atoms with E-state index in [1.165, 1.54) is 4.90 Å². The Morgan fingerprint density at radius 1 is 1.30 bits per heavy atom. The molecule has 0 spiro atoms. The molecule has 0 aromatic heterocycles. The number of hydrogen-bond donors (Lipinski definition) is 1. The predicted octanol–water partition coefficient (Wildman–Crippen LogP) is 2.89. The van der Waals surface area contributed by atoms with Crippen molar-refractivity contribution in [3.63, 3.8) is 0 Å². The summed E-state index contributed by atoms with van der Waals surface area (Å²) in [5.41, 5.74) is 0. The molecule has 2 heterocycles. The van der Waals surface area contributed by atoms with Crippen LogP contribution in [0.5, 0.6) is 0 Å². The second kappa shape index (κ2) is 13.3. The van der Waals surface area contributed by atoms with Crippen LogP contribution in [0.2, 0.25) is 0 Å². The molecular weight excluding hydrogens is 510 g/mol. The van der Waals surface area contributed by atoms with Crippen LogP contribution >= 0.6 is 24.0 Å². The van der Waals surface area contributed by atoms with E-state index >= 15 is 0 Å². The zero-order valence-electron chi connectivity index (χ0n) is 18.7. The Morgan fingerprint density at radius 3 is 2.63 bits per heavy atom. The standard InChI is InChI=1S/C20H38F3N5O.HI/c1-5-24-19(25-11-16(3)28-9-10-29-14-17(28)4)27-8-7-18(13-27)12-26(6-2)15-20(21,22)23;/h16-18H,5-15H2,1-4H3,(H,24,25);1H. The first-order valence-corrected chi connectivity index (χ1v) is 10.9. The lowest BCUT2D eigenvalue weighted by atomic mass is 10.1. The van der Waals surface area contributed by atoms with E-state index in [0.717, 1.165) is 51.8 Å². The number of nitrogens with zero attached hydrogens (tertiary/aromatic N) is 4. The molecule has 3 atom stereocenters. The largest absolute Gasteiger partial charge is 0.401 e. The van der Waals surface area contributed by atoms with E-state index in [1.54, 1.807) is 6.92 Å². The van der Waals surface area contributed by atoms with Crippen LogP contribution in [0.15, 0.2) is 4.99 Å². The molecule has 2 rings (SSSR count). The van der Waals surface area contributed by atoms with Crippen molar-refractivity contribution in [2.24, 2.45) is 10.9 Å². The highest BCUT2D eigenvalue weighted by molar-refractivity contribution is 14.0. The van der Waals surface area contributed by atoms with Crippen molar-refractivity contribution in [2.45, 2.75) is 52.4 Å². The third-order valence-corrected chi connectivity index (χ3v) is 5.78. The number of likely N-dealkylation sites (tertiary alicyclic amines) is 1. The van der Waals surface area contributed by atoms with Gasteiger partial charge in [0.05, 0.1) is 26.3 Å². The van der Waals surface area contributed by atoms with Crippen molar-refractivity contribution in [3.8, 4) is 0 Å². The molecule has 1 N–H and O–H groups in total. The minimum absolute atomic E-state index is 0. The highest BCUT2D eigenvalue weighted by Gasteiger charge is 2.33. The van der Waals surface area contributed by atoms with Gasteiger partial charge in [-0.3, -0.25) is 14.8 Å². The summed E-state index contributed by atoms with van der Waals surface area (Å²) < 4.78 is 43.7. The van der Waals surface area contributed by atoms with E-state index in [-0.39, 0.29) is 29.9 Å². The van der Waals surface area contributed by atoms with Crippen LogP contribution in [0.25, 0.3) is 0 Å². The number of halogens is 4. The normalized spacial score (nSPS) is 24.8. The Bertz CT molecular complexity index is 523.